The molecule has 1 saturated carbocycles. The van der Waals surface area contributed by atoms with E-state index in [9.17, 15) is 4.79 Å². The van der Waals surface area contributed by atoms with Crippen LogP contribution >= 0.6 is 0 Å². The van der Waals surface area contributed by atoms with Crippen LogP contribution in [-0.4, -0.2) is 13.0 Å². The molecule has 1 rings (SSSR count). The summed E-state index contributed by atoms with van der Waals surface area (Å²) in [6.45, 7) is 0.837. The standard InChI is InChI=1S/C6H10NO/c8-5-7-4-6-2-1-3-6/h6H,1-4H2,(H,7,8). The van der Waals surface area contributed by atoms with Gasteiger partial charge in [-0.05, 0) is 18.8 Å². The highest BCUT2D eigenvalue weighted by molar-refractivity contribution is 5.46. The van der Waals surface area contributed by atoms with Gasteiger partial charge in [0.2, 0.25) is 0 Å². The SMILES string of the molecule is O=[C]NCC1CCC1. The number of carbonyl (C=O) groups excluding carboxylic acids is 1. The summed E-state index contributed by atoms with van der Waals surface area (Å²) in [5.74, 6) is 0.761. The Hall–Kier alpha value is -0.530. The summed E-state index contributed by atoms with van der Waals surface area (Å²) in [5.41, 5.74) is 0. The van der Waals surface area contributed by atoms with Gasteiger partial charge in [-0.25, -0.2) is 0 Å². The lowest BCUT2D eigenvalue weighted by Crippen LogP contribution is -2.25. The molecular formula is C6H10NO. The van der Waals surface area contributed by atoms with Crippen molar-refractivity contribution in [1.82, 2.24) is 5.32 Å². The van der Waals surface area contributed by atoms with Crippen molar-refractivity contribution in [2.45, 2.75) is 19.3 Å². The molecule has 0 aromatic carbocycles. The van der Waals surface area contributed by atoms with Gasteiger partial charge in [-0.2, -0.15) is 0 Å². The van der Waals surface area contributed by atoms with Gasteiger partial charge in [0.25, 0.3) is 0 Å². The molecule has 1 amide bonds. The number of hydrogen-bond acceptors (Lipinski definition) is 1. The van der Waals surface area contributed by atoms with Gasteiger partial charge in [0.1, 0.15) is 0 Å². The molecular weight excluding hydrogens is 102 g/mol. The van der Waals surface area contributed by atoms with Crippen molar-refractivity contribution in [3.05, 3.63) is 0 Å². The Morgan fingerprint density at radius 2 is 2.38 bits per heavy atom. The maximum Gasteiger partial charge on any atom is 0.309 e. The summed E-state index contributed by atoms with van der Waals surface area (Å²) in [5, 5.41) is 2.54. The van der Waals surface area contributed by atoms with E-state index in [-0.39, 0.29) is 0 Å². The number of amides is 1. The second-order valence-corrected chi connectivity index (χ2v) is 2.28. The molecule has 0 bridgehead atoms. The van der Waals surface area contributed by atoms with Crippen molar-refractivity contribution in [3.8, 4) is 0 Å². The van der Waals surface area contributed by atoms with Crippen LogP contribution in [0.4, 0.5) is 0 Å². The lowest BCUT2D eigenvalue weighted by Gasteiger charge is -2.23. The van der Waals surface area contributed by atoms with Gasteiger partial charge < -0.3 is 5.32 Å². The van der Waals surface area contributed by atoms with Gasteiger partial charge in [-0.15, -0.1) is 0 Å². The van der Waals surface area contributed by atoms with Crippen LogP contribution < -0.4 is 5.32 Å². The molecule has 0 aliphatic heterocycles. The highest BCUT2D eigenvalue weighted by Gasteiger charge is 2.15. The molecule has 1 aliphatic rings. The molecule has 0 aromatic rings. The summed E-state index contributed by atoms with van der Waals surface area (Å²) in [4.78, 5) is 9.61. The third kappa shape index (κ3) is 1.22. The number of hydrogen-bond donors (Lipinski definition) is 1. The van der Waals surface area contributed by atoms with Crippen LogP contribution in [0, 0.1) is 5.92 Å². The zero-order chi connectivity index (χ0) is 5.82. The average Bonchev–Trinajstić information content (AvgIpc) is 1.63. The summed E-state index contributed by atoms with van der Waals surface area (Å²) in [6, 6.07) is 0. The van der Waals surface area contributed by atoms with Crippen LogP contribution in [0.1, 0.15) is 19.3 Å². The van der Waals surface area contributed by atoms with Crippen LogP contribution in [0.3, 0.4) is 0 Å². The molecule has 8 heavy (non-hydrogen) atoms. The Balaban J connectivity index is 1.93. The van der Waals surface area contributed by atoms with Crippen molar-refractivity contribution in [3.63, 3.8) is 0 Å². The van der Waals surface area contributed by atoms with Gasteiger partial charge in [0.05, 0.1) is 0 Å². The van der Waals surface area contributed by atoms with Crippen molar-refractivity contribution in [1.29, 1.82) is 0 Å². The largest absolute Gasteiger partial charge is 0.348 e. The number of rotatable bonds is 3. The fraction of sp³-hybridized carbons (Fsp3) is 0.833. The molecule has 1 radical (unpaired) electrons. The highest BCUT2D eigenvalue weighted by Crippen LogP contribution is 2.24. The molecule has 1 fully saturated rings. The normalized spacial score (nSPS) is 19.5. The summed E-state index contributed by atoms with van der Waals surface area (Å²) < 4.78 is 0. The quantitative estimate of drug-likeness (QED) is 0.527. The minimum Gasteiger partial charge on any atom is -0.348 e. The molecule has 45 valence electrons. The molecule has 0 heterocycles. The first kappa shape index (κ1) is 5.60. The van der Waals surface area contributed by atoms with Crippen LogP contribution in [0.15, 0.2) is 0 Å². The summed E-state index contributed by atoms with van der Waals surface area (Å²) >= 11 is 0. The molecule has 0 saturated heterocycles. The van der Waals surface area contributed by atoms with Gasteiger partial charge in [0.15, 0.2) is 0 Å². The highest BCUT2D eigenvalue weighted by atomic mass is 16.1. The maximum atomic E-state index is 9.61. The molecule has 0 aromatic heterocycles. The Kier molecular flexibility index (Phi) is 1.89. The topological polar surface area (TPSA) is 29.1 Å². The Morgan fingerprint density at radius 3 is 2.75 bits per heavy atom. The Labute approximate surface area is 49.3 Å². The van der Waals surface area contributed by atoms with E-state index in [1.54, 1.807) is 6.41 Å². The number of nitrogens with one attached hydrogen (secondary N) is 1. The fourth-order valence-corrected chi connectivity index (χ4v) is 0.883. The van der Waals surface area contributed by atoms with E-state index < -0.39 is 0 Å². The second kappa shape index (κ2) is 2.70. The fourth-order valence-electron chi connectivity index (χ4n) is 0.883. The predicted molar refractivity (Wildman–Crippen MR) is 31.0 cm³/mol. The van der Waals surface area contributed by atoms with E-state index in [1.165, 1.54) is 19.3 Å². The van der Waals surface area contributed by atoms with Crippen molar-refractivity contribution < 1.29 is 4.79 Å². The zero-order valence-electron chi connectivity index (χ0n) is 4.81. The summed E-state index contributed by atoms with van der Waals surface area (Å²) in [6.07, 6.45) is 5.58. The monoisotopic (exact) mass is 112 g/mol. The molecule has 1 aliphatic carbocycles. The molecule has 2 nitrogen and oxygen atoms in total. The first-order chi connectivity index (χ1) is 3.93. The molecule has 0 unspecified atom stereocenters. The van der Waals surface area contributed by atoms with Crippen LogP contribution in [-0.2, 0) is 4.79 Å². The Bertz CT molecular complexity index is 78.6. The van der Waals surface area contributed by atoms with Crippen LogP contribution in [0.5, 0.6) is 0 Å². The van der Waals surface area contributed by atoms with Gasteiger partial charge in [-0.1, -0.05) is 6.42 Å². The Morgan fingerprint density at radius 1 is 1.62 bits per heavy atom. The van der Waals surface area contributed by atoms with Gasteiger partial charge >= 0.3 is 6.41 Å². The smallest absolute Gasteiger partial charge is 0.309 e. The van der Waals surface area contributed by atoms with Crippen molar-refractivity contribution in [2.24, 2.45) is 5.92 Å². The zero-order valence-corrected chi connectivity index (χ0v) is 4.81. The van der Waals surface area contributed by atoms with E-state index in [0.717, 1.165) is 12.5 Å². The van der Waals surface area contributed by atoms with Crippen molar-refractivity contribution in [2.75, 3.05) is 6.54 Å². The minimum atomic E-state index is 0.761. The minimum absolute atomic E-state index is 0.761. The van der Waals surface area contributed by atoms with Crippen LogP contribution in [0.2, 0.25) is 0 Å². The molecule has 0 atom stereocenters. The van der Waals surface area contributed by atoms with E-state index >= 15 is 0 Å². The van der Waals surface area contributed by atoms with E-state index in [1.807, 2.05) is 0 Å². The van der Waals surface area contributed by atoms with Crippen molar-refractivity contribution >= 4 is 6.41 Å². The van der Waals surface area contributed by atoms with Gasteiger partial charge in [-0.3, -0.25) is 4.79 Å². The third-order valence-corrected chi connectivity index (χ3v) is 1.69. The molecule has 2 heteroatoms. The molecule has 0 spiro atoms. The lowest BCUT2D eigenvalue weighted by molar-refractivity contribution is 0.314. The summed E-state index contributed by atoms with van der Waals surface area (Å²) in [7, 11) is 0. The lowest BCUT2D eigenvalue weighted by atomic mass is 9.86. The average molecular weight is 112 g/mol. The van der Waals surface area contributed by atoms with E-state index in [4.69, 9.17) is 0 Å². The molecule has 1 N–H and O–H groups in total. The third-order valence-electron chi connectivity index (χ3n) is 1.69. The van der Waals surface area contributed by atoms with E-state index in [2.05, 4.69) is 5.32 Å². The maximum absolute atomic E-state index is 9.61. The predicted octanol–water partition coefficient (Wildman–Crippen LogP) is 0.443. The second-order valence-electron chi connectivity index (χ2n) is 2.28. The first-order valence-corrected chi connectivity index (χ1v) is 3.03. The van der Waals surface area contributed by atoms with Crippen LogP contribution in [0.25, 0.3) is 0 Å². The first-order valence-electron chi connectivity index (χ1n) is 3.03. The van der Waals surface area contributed by atoms with E-state index in [0.29, 0.717) is 0 Å². The van der Waals surface area contributed by atoms with Gasteiger partial charge in [0, 0.05) is 6.54 Å².